The highest BCUT2D eigenvalue weighted by Gasteiger charge is 2.31. The van der Waals surface area contributed by atoms with Gasteiger partial charge in [0.25, 0.3) is 10.2 Å². The van der Waals surface area contributed by atoms with Crippen LogP contribution in [0.25, 0.3) is 0 Å². The minimum Gasteiger partial charge on any atom is -0.409 e. The van der Waals surface area contributed by atoms with Crippen LogP contribution >= 0.6 is 0 Å². The Labute approximate surface area is 96.3 Å². The Bertz CT molecular complexity index is 367. The van der Waals surface area contributed by atoms with E-state index < -0.39 is 21.3 Å². The van der Waals surface area contributed by atoms with Crippen molar-refractivity contribution in [3.8, 4) is 0 Å². The van der Waals surface area contributed by atoms with E-state index in [9.17, 15) is 8.42 Å². The number of nitrogens with two attached hydrogens (primary N) is 1. The highest BCUT2D eigenvalue weighted by molar-refractivity contribution is 7.87. The van der Waals surface area contributed by atoms with E-state index in [1.807, 2.05) is 0 Å². The lowest BCUT2D eigenvalue weighted by atomic mass is 10.1. The highest BCUT2D eigenvalue weighted by Crippen LogP contribution is 2.07. The number of amidine groups is 1. The Morgan fingerprint density at radius 3 is 1.94 bits per heavy atom. The number of oxime groups is 1. The Balaban J connectivity index is 4.86. The Morgan fingerprint density at radius 1 is 1.19 bits per heavy atom. The van der Waals surface area contributed by atoms with E-state index in [-0.39, 0.29) is 5.84 Å². The second kappa shape index (κ2) is 4.56. The first kappa shape index (κ1) is 15.1. The summed E-state index contributed by atoms with van der Waals surface area (Å²) in [7, 11) is -3.72. The van der Waals surface area contributed by atoms with Gasteiger partial charge in [0.05, 0.1) is 5.54 Å². The lowest BCUT2D eigenvalue weighted by Crippen LogP contribution is -2.58. The van der Waals surface area contributed by atoms with E-state index >= 15 is 0 Å². The number of nitrogens with one attached hydrogen (secondary N) is 2. The van der Waals surface area contributed by atoms with Crippen LogP contribution in [0.3, 0.4) is 0 Å². The molecule has 0 amide bonds. The van der Waals surface area contributed by atoms with Crippen molar-refractivity contribution >= 4 is 16.0 Å². The molecule has 0 aliphatic carbocycles. The van der Waals surface area contributed by atoms with E-state index in [0.717, 1.165) is 0 Å². The molecule has 0 aromatic carbocycles. The molecule has 0 radical (unpaired) electrons. The van der Waals surface area contributed by atoms with Crippen molar-refractivity contribution in [2.45, 2.75) is 45.7 Å². The van der Waals surface area contributed by atoms with Gasteiger partial charge < -0.3 is 10.9 Å². The van der Waals surface area contributed by atoms with Gasteiger partial charge in [0.1, 0.15) is 0 Å². The standard InChI is InChI=1S/C8H20N4O3S/c1-7(2,3)11-16(14,15)12-8(4,5)6(9)10-13/h11-13H,1-5H3,(H2,9,10). The van der Waals surface area contributed by atoms with E-state index in [0.29, 0.717) is 0 Å². The summed E-state index contributed by atoms with van der Waals surface area (Å²) in [5.74, 6) is -0.216. The van der Waals surface area contributed by atoms with Crippen molar-refractivity contribution in [3.63, 3.8) is 0 Å². The summed E-state index contributed by atoms with van der Waals surface area (Å²) >= 11 is 0. The topological polar surface area (TPSA) is 117 Å². The fourth-order valence-corrected chi connectivity index (χ4v) is 2.58. The van der Waals surface area contributed by atoms with Crippen LogP contribution in [-0.4, -0.2) is 30.5 Å². The first-order chi connectivity index (χ1) is 6.90. The summed E-state index contributed by atoms with van der Waals surface area (Å²) in [6.45, 7) is 8.11. The van der Waals surface area contributed by atoms with Gasteiger partial charge in [-0.15, -0.1) is 0 Å². The van der Waals surface area contributed by atoms with Crippen molar-refractivity contribution in [2.24, 2.45) is 10.9 Å². The summed E-state index contributed by atoms with van der Waals surface area (Å²) in [6.07, 6.45) is 0. The Morgan fingerprint density at radius 2 is 1.62 bits per heavy atom. The van der Waals surface area contributed by atoms with Crippen molar-refractivity contribution in [3.05, 3.63) is 0 Å². The van der Waals surface area contributed by atoms with E-state index in [1.165, 1.54) is 13.8 Å². The predicted molar refractivity (Wildman–Crippen MR) is 62.4 cm³/mol. The third-order valence-electron chi connectivity index (χ3n) is 1.58. The van der Waals surface area contributed by atoms with Crippen LogP contribution in [0.1, 0.15) is 34.6 Å². The molecular weight excluding hydrogens is 232 g/mol. The maximum absolute atomic E-state index is 11.7. The highest BCUT2D eigenvalue weighted by atomic mass is 32.2. The molecule has 16 heavy (non-hydrogen) atoms. The maximum Gasteiger partial charge on any atom is 0.278 e. The zero-order chi connectivity index (χ0) is 13.2. The summed E-state index contributed by atoms with van der Waals surface area (Å²) < 4.78 is 28.0. The summed E-state index contributed by atoms with van der Waals surface area (Å²) in [5, 5.41) is 11.3. The predicted octanol–water partition coefficient (Wildman–Crippen LogP) is -0.266. The van der Waals surface area contributed by atoms with E-state index in [4.69, 9.17) is 10.9 Å². The van der Waals surface area contributed by atoms with Crippen molar-refractivity contribution < 1.29 is 13.6 Å². The molecule has 0 atom stereocenters. The Kier molecular flexibility index (Phi) is 4.31. The van der Waals surface area contributed by atoms with Crippen LogP contribution in [0.4, 0.5) is 0 Å². The van der Waals surface area contributed by atoms with Gasteiger partial charge in [-0.25, -0.2) is 0 Å². The largest absolute Gasteiger partial charge is 0.409 e. The molecule has 0 fully saturated rings. The molecule has 0 rings (SSSR count). The number of hydrogen-bond acceptors (Lipinski definition) is 4. The zero-order valence-corrected chi connectivity index (χ0v) is 11.0. The molecule has 0 aromatic heterocycles. The quantitative estimate of drug-likeness (QED) is 0.238. The molecule has 0 spiro atoms. The van der Waals surface area contributed by atoms with Gasteiger partial charge in [-0.3, -0.25) is 0 Å². The second-order valence-electron chi connectivity index (χ2n) is 5.07. The minimum atomic E-state index is -3.72. The van der Waals surface area contributed by atoms with Gasteiger partial charge in [0.15, 0.2) is 5.84 Å². The molecule has 8 heteroatoms. The fourth-order valence-electron chi connectivity index (χ4n) is 0.942. The van der Waals surface area contributed by atoms with Crippen LogP contribution in [0.2, 0.25) is 0 Å². The lowest BCUT2D eigenvalue weighted by Gasteiger charge is -2.27. The average Bonchev–Trinajstić information content (AvgIpc) is 1.95. The summed E-state index contributed by atoms with van der Waals surface area (Å²) in [6, 6.07) is 0. The van der Waals surface area contributed by atoms with E-state index in [2.05, 4.69) is 14.6 Å². The first-order valence-electron chi connectivity index (χ1n) is 4.70. The van der Waals surface area contributed by atoms with Gasteiger partial charge in [-0.1, -0.05) is 5.16 Å². The first-order valence-corrected chi connectivity index (χ1v) is 6.19. The molecule has 7 nitrogen and oxygen atoms in total. The monoisotopic (exact) mass is 252 g/mol. The number of nitrogens with zero attached hydrogens (tertiary/aromatic N) is 1. The molecule has 0 saturated carbocycles. The van der Waals surface area contributed by atoms with Gasteiger partial charge in [0.2, 0.25) is 0 Å². The molecule has 5 N–H and O–H groups in total. The zero-order valence-electron chi connectivity index (χ0n) is 10.2. The lowest BCUT2D eigenvalue weighted by molar-refractivity contribution is 0.312. The normalized spacial score (nSPS) is 15.2. The molecule has 0 unspecified atom stereocenters. The second-order valence-corrected chi connectivity index (χ2v) is 6.48. The molecule has 0 saturated heterocycles. The van der Waals surface area contributed by atoms with Gasteiger partial charge in [-0.2, -0.15) is 17.9 Å². The van der Waals surface area contributed by atoms with Crippen LogP contribution in [0.15, 0.2) is 5.16 Å². The van der Waals surface area contributed by atoms with Crippen LogP contribution in [0, 0.1) is 0 Å². The third-order valence-corrected chi connectivity index (χ3v) is 3.24. The van der Waals surface area contributed by atoms with Crippen molar-refractivity contribution in [1.82, 2.24) is 9.44 Å². The van der Waals surface area contributed by atoms with Gasteiger partial charge in [0, 0.05) is 5.54 Å². The number of rotatable bonds is 4. The maximum atomic E-state index is 11.7. The van der Waals surface area contributed by atoms with Crippen molar-refractivity contribution in [1.29, 1.82) is 0 Å². The number of hydrogen-bond donors (Lipinski definition) is 4. The van der Waals surface area contributed by atoms with E-state index in [1.54, 1.807) is 20.8 Å². The molecular formula is C8H20N4O3S. The smallest absolute Gasteiger partial charge is 0.278 e. The summed E-state index contributed by atoms with van der Waals surface area (Å²) in [4.78, 5) is 0. The molecule has 96 valence electrons. The van der Waals surface area contributed by atoms with Crippen LogP contribution in [0.5, 0.6) is 0 Å². The van der Waals surface area contributed by atoms with Gasteiger partial charge >= 0.3 is 0 Å². The third kappa shape index (κ3) is 5.29. The molecule has 0 bridgehead atoms. The van der Waals surface area contributed by atoms with Crippen LogP contribution in [-0.2, 0) is 10.2 Å². The Hall–Kier alpha value is -0.860. The van der Waals surface area contributed by atoms with Crippen LogP contribution < -0.4 is 15.2 Å². The molecule has 0 aliphatic rings. The molecule has 0 heterocycles. The van der Waals surface area contributed by atoms with Crippen molar-refractivity contribution in [2.75, 3.05) is 0 Å². The molecule has 0 aliphatic heterocycles. The molecule has 0 aromatic rings. The SMILES string of the molecule is CC(C)(C)NS(=O)(=O)NC(C)(C)C(N)=NO. The summed E-state index contributed by atoms with van der Waals surface area (Å²) in [5.41, 5.74) is 3.60. The average molecular weight is 252 g/mol. The fraction of sp³-hybridized carbons (Fsp3) is 0.875. The minimum absolute atomic E-state index is 0.216. The van der Waals surface area contributed by atoms with Gasteiger partial charge in [-0.05, 0) is 34.6 Å².